The monoisotopic (exact) mass is 384 g/mol. The Morgan fingerprint density at radius 2 is 1.07 bits per heavy atom. The van der Waals surface area contributed by atoms with Gasteiger partial charge in [-0.3, -0.25) is 20.2 Å². The van der Waals surface area contributed by atoms with Crippen LogP contribution in [0.2, 0.25) is 0 Å². The first-order chi connectivity index (χ1) is 13.7. The van der Waals surface area contributed by atoms with Crippen molar-refractivity contribution in [2.45, 2.75) is 39.0 Å². The van der Waals surface area contributed by atoms with E-state index in [1.54, 1.807) is 13.8 Å². The summed E-state index contributed by atoms with van der Waals surface area (Å²) in [6.07, 6.45) is 0. The van der Waals surface area contributed by atoms with Crippen LogP contribution in [0.1, 0.15) is 25.0 Å². The van der Waals surface area contributed by atoms with E-state index in [1.165, 1.54) is 0 Å². The second kappa shape index (κ2) is 11.9. The van der Waals surface area contributed by atoms with E-state index in [2.05, 4.69) is 10.6 Å². The Hall–Kier alpha value is -2.70. The summed E-state index contributed by atoms with van der Waals surface area (Å²) >= 11 is 0. The number of nitrogens with one attached hydrogen (secondary N) is 2. The Balaban J connectivity index is 2.17. The lowest BCUT2D eigenvalue weighted by atomic mass is 10.1. The Bertz CT molecular complexity index is 658. The van der Waals surface area contributed by atoms with Gasteiger partial charge in [0.15, 0.2) is 0 Å². The van der Waals surface area contributed by atoms with Gasteiger partial charge in [0.2, 0.25) is 0 Å². The zero-order chi connectivity index (χ0) is 20.2. The quantitative estimate of drug-likeness (QED) is 0.580. The summed E-state index contributed by atoms with van der Waals surface area (Å²) in [5, 5.41) is 6.32. The number of ether oxygens (including phenoxy) is 2. The summed E-state index contributed by atoms with van der Waals surface area (Å²) in [5.41, 5.74) is 2.00. The van der Waals surface area contributed by atoms with Gasteiger partial charge in [0.25, 0.3) is 0 Å². The van der Waals surface area contributed by atoms with E-state index in [0.717, 1.165) is 11.1 Å². The van der Waals surface area contributed by atoms with Gasteiger partial charge in [-0.25, -0.2) is 0 Å². The van der Waals surface area contributed by atoms with Gasteiger partial charge in [0.1, 0.15) is 12.1 Å². The Labute approximate surface area is 166 Å². The fourth-order valence-corrected chi connectivity index (χ4v) is 2.79. The van der Waals surface area contributed by atoms with Crippen LogP contribution < -0.4 is 10.6 Å². The summed E-state index contributed by atoms with van der Waals surface area (Å²) in [6, 6.07) is 17.6. The molecule has 0 spiro atoms. The average molecular weight is 384 g/mol. The van der Waals surface area contributed by atoms with Gasteiger partial charge < -0.3 is 9.47 Å². The molecule has 0 saturated carbocycles. The smallest absolute Gasteiger partial charge is 0.325 e. The van der Waals surface area contributed by atoms with Crippen LogP contribution in [0.3, 0.4) is 0 Å². The van der Waals surface area contributed by atoms with Crippen molar-refractivity contribution in [3.05, 3.63) is 71.8 Å². The minimum Gasteiger partial charge on any atom is -0.465 e. The summed E-state index contributed by atoms with van der Waals surface area (Å²) in [7, 11) is 0. The largest absolute Gasteiger partial charge is 0.465 e. The lowest BCUT2D eigenvalue weighted by molar-refractivity contribution is -0.155. The molecule has 0 bridgehead atoms. The molecule has 0 aliphatic rings. The average Bonchev–Trinajstić information content (AvgIpc) is 2.72. The second-order valence-corrected chi connectivity index (χ2v) is 6.19. The molecule has 0 radical (unpaired) electrons. The van der Waals surface area contributed by atoms with Crippen LogP contribution in [0.4, 0.5) is 0 Å². The number of esters is 2. The molecule has 28 heavy (non-hydrogen) atoms. The minimum atomic E-state index is -0.872. The van der Waals surface area contributed by atoms with Gasteiger partial charge in [0.05, 0.1) is 13.2 Å². The summed E-state index contributed by atoms with van der Waals surface area (Å²) in [6.45, 7) is 4.79. The van der Waals surface area contributed by atoms with Crippen LogP contribution in [-0.4, -0.2) is 37.2 Å². The van der Waals surface area contributed by atoms with Crippen LogP contribution >= 0.6 is 0 Å². The van der Waals surface area contributed by atoms with Gasteiger partial charge in [0, 0.05) is 13.1 Å². The van der Waals surface area contributed by atoms with E-state index < -0.39 is 24.0 Å². The number of carbonyl (C=O) groups is 2. The maximum Gasteiger partial charge on any atom is 0.325 e. The molecule has 150 valence electrons. The lowest BCUT2D eigenvalue weighted by Crippen LogP contribution is -2.57. The third kappa shape index (κ3) is 6.79. The van der Waals surface area contributed by atoms with E-state index in [-0.39, 0.29) is 13.2 Å². The predicted octanol–water partition coefficient (Wildman–Crippen LogP) is 2.43. The highest BCUT2D eigenvalue weighted by Crippen LogP contribution is 2.07. The molecule has 0 aromatic heterocycles. The van der Waals surface area contributed by atoms with Crippen molar-refractivity contribution in [2.75, 3.05) is 13.2 Å². The van der Waals surface area contributed by atoms with Crippen molar-refractivity contribution < 1.29 is 19.1 Å². The molecule has 6 heteroatoms. The third-order valence-electron chi connectivity index (χ3n) is 4.15. The van der Waals surface area contributed by atoms with Crippen molar-refractivity contribution in [1.82, 2.24) is 10.6 Å². The Morgan fingerprint density at radius 1 is 0.714 bits per heavy atom. The second-order valence-electron chi connectivity index (χ2n) is 6.19. The van der Waals surface area contributed by atoms with Crippen LogP contribution in [-0.2, 0) is 32.2 Å². The molecule has 0 saturated heterocycles. The third-order valence-corrected chi connectivity index (χ3v) is 4.15. The van der Waals surface area contributed by atoms with Gasteiger partial charge in [-0.2, -0.15) is 0 Å². The fraction of sp³-hybridized carbons (Fsp3) is 0.364. The van der Waals surface area contributed by atoms with E-state index >= 15 is 0 Å². The van der Waals surface area contributed by atoms with E-state index in [0.29, 0.717) is 13.1 Å². The molecule has 0 heterocycles. The molecule has 2 atom stereocenters. The first kappa shape index (κ1) is 21.6. The first-order valence-corrected chi connectivity index (χ1v) is 9.53. The molecule has 2 rings (SSSR count). The zero-order valence-electron chi connectivity index (χ0n) is 16.4. The Morgan fingerprint density at radius 3 is 1.39 bits per heavy atom. The molecule has 2 aromatic carbocycles. The number of hydrogen-bond donors (Lipinski definition) is 2. The van der Waals surface area contributed by atoms with Crippen molar-refractivity contribution in [3.8, 4) is 0 Å². The molecule has 6 nitrogen and oxygen atoms in total. The summed E-state index contributed by atoms with van der Waals surface area (Å²) in [4.78, 5) is 25.2. The molecule has 0 unspecified atom stereocenters. The number of carbonyl (C=O) groups excluding carboxylic acids is 2. The summed E-state index contributed by atoms with van der Waals surface area (Å²) < 4.78 is 10.4. The van der Waals surface area contributed by atoms with Crippen molar-refractivity contribution in [2.24, 2.45) is 0 Å². The van der Waals surface area contributed by atoms with Gasteiger partial charge >= 0.3 is 11.9 Å². The highest BCUT2D eigenvalue weighted by Gasteiger charge is 2.35. The highest BCUT2D eigenvalue weighted by atomic mass is 16.5. The van der Waals surface area contributed by atoms with Crippen LogP contribution in [0.15, 0.2) is 60.7 Å². The van der Waals surface area contributed by atoms with E-state index in [9.17, 15) is 9.59 Å². The first-order valence-electron chi connectivity index (χ1n) is 9.53. The summed E-state index contributed by atoms with van der Waals surface area (Å²) in [5.74, 6) is -0.978. The van der Waals surface area contributed by atoms with Crippen LogP contribution in [0, 0.1) is 0 Å². The van der Waals surface area contributed by atoms with E-state index in [1.807, 2.05) is 60.7 Å². The van der Waals surface area contributed by atoms with Gasteiger partial charge in [-0.05, 0) is 25.0 Å². The zero-order valence-corrected chi connectivity index (χ0v) is 16.4. The van der Waals surface area contributed by atoms with Gasteiger partial charge in [-0.1, -0.05) is 60.7 Å². The predicted molar refractivity (Wildman–Crippen MR) is 107 cm³/mol. The maximum absolute atomic E-state index is 12.6. The number of hydrogen-bond acceptors (Lipinski definition) is 6. The molecular formula is C22H28N2O4. The molecule has 2 N–H and O–H groups in total. The molecule has 0 aliphatic heterocycles. The number of benzene rings is 2. The van der Waals surface area contributed by atoms with E-state index in [4.69, 9.17) is 9.47 Å². The molecule has 0 aliphatic carbocycles. The van der Waals surface area contributed by atoms with Gasteiger partial charge in [-0.15, -0.1) is 0 Å². The molecule has 2 aromatic rings. The van der Waals surface area contributed by atoms with Crippen molar-refractivity contribution in [3.63, 3.8) is 0 Å². The van der Waals surface area contributed by atoms with Crippen molar-refractivity contribution in [1.29, 1.82) is 0 Å². The van der Waals surface area contributed by atoms with Crippen LogP contribution in [0.5, 0.6) is 0 Å². The van der Waals surface area contributed by atoms with Crippen molar-refractivity contribution >= 4 is 11.9 Å². The molecular weight excluding hydrogens is 356 g/mol. The number of rotatable bonds is 11. The van der Waals surface area contributed by atoms with Crippen LogP contribution in [0.25, 0.3) is 0 Å². The minimum absolute atomic E-state index is 0.233. The normalized spacial score (nSPS) is 12.8. The fourth-order valence-electron chi connectivity index (χ4n) is 2.79. The molecule has 0 fully saturated rings. The highest BCUT2D eigenvalue weighted by molar-refractivity contribution is 5.87. The lowest BCUT2D eigenvalue weighted by Gasteiger charge is -2.26. The SMILES string of the molecule is CCOC(=O)[C@@H](NCc1ccccc1)[C@@H](NCc1ccccc1)C(=O)OCC. The molecule has 0 amide bonds. The Kier molecular flexibility index (Phi) is 9.18. The maximum atomic E-state index is 12.6. The standard InChI is InChI=1S/C22H28N2O4/c1-3-27-21(25)19(23-15-17-11-7-5-8-12-17)20(22(26)28-4-2)24-16-18-13-9-6-10-14-18/h5-14,19-20,23-24H,3-4,15-16H2,1-2H3/t19-,20+. The topological polar surface area (TPSA) is 76.7 Å².